The first-order valence-electron chi connectivity index (χ1n) is 6.06. The Morgan fingerprint density at radius 2 is 1.90 bits per heavy atom. The Labute approximate surface area is 116 Å². The summed E-state index contributed by atoms with van der Waals surface area (Å²) in [4.78, 5) is 28.8. The molecule has 5 heteroatoms. The summed E-state index contributed by atoms with van der Waals surface area (Å²) in [7, 11) is 1.66. The maximum atomic E-state index is 12.2. The number of carbonyl (C=O) groups excluding carboxylic acids is 1. The molecular weight excluding hydrogens is 256 g/mol. The van der Waals surface area contributed by atoms with Crippen molar-refractivity contribution in [2.45, 2.75) is 6.54 Å². The van der Waals surface area contributed by atoms with Crippen molar-refractivity contribution in [2.24, 2.45) is 0 Å². The molecule has 1 heterocycles. The van der Waals surface area contributed by atoms with Gasteiger partial charge in [0.2, 0.25) is 0 Å². The molecule has 0 saturated heterocycles. The van der Waals surface area contributed by atoms with Crippen LogP contribution >= 0.6 is 0 Å². The predicted octanol–water partition coefficient (Wildman–Crippen LogP) is 2.05. The molecule has 0 aliphatic rings. The van der Waals surface area contributed by atoms with E-state index in [2.05, 4.69) is 4.98 Å². The van der Waals surface area contributed by atoms with E-state index in [1.54, 1.807) is 25.4 Å². The molecule has 0 fully saturated rings. The summed E-state index contributed by atoms with van der Waals surface area (Å²) >= 11 is 0. The molecule has 2 aromatic rings. The van der Waals surface area contributed by atoms with Crippen molar-refractivity contribution in [3.05, 3.63) is 65.5 Å². The highest BCUT2D eigenvalue weighted by atomic mass is 16.4. The van der Waals surface area contributed by atoms with Crippen LogP contribution in [0.1, 0.15) is 26.4 Å². The number of carboxylic acids is 1. The van der Waals surface area contributed by atoms with Crippen molar-refractivity contribution in [2.75, 3.05) is 7.05 Å². The molecule has 0 bridgehead atoms. The van der Waals surface area contributed by atoms with Gasteiger partial charge in [-0.1, -0.05) is 12.1 Å². The zero-order chi connectivity index (χ0) is 14.5. The van der Waals surface area contributed by atoms with Crippen LogP contribution in [0, 0.1) is 0 Å². The molecule has 5 nitrogen and oxygen atoms in total. The van der Waals surface area contributed by atoms with E-state index in [9.17, 15) is 9.59 Å². The molecule has 0 atom stereocenters. The maximum absolute atomic E-state index is 12.2. The van der Waals surface area contributed by atoms with Crippen LogP contribution in [0.15, 0.2) is 48.7 Å². The van der Waals surface area contributed by atoms with Crippen LogP contribution in [0.4, 0.5) is 0 Å². The predicted molar refractivity (Wildman–Crippen MR) is 73.4 cm³/mol. The van der Waals surface area contributed by atoms with E-state index >= 15 is 0 Å². The minimum atomic E-state index is -1.05. The molecule has 1 aromatic carbocycles. The molecule has 1 aromatic heterocycles. The average Bonchev–Trinajstić information content (AvgIpc) is 2.47. The average molecular weight is 270 g/mol. The number of hydrogen-bond acceptors (Lipinski definition) is 3. The van der Waals surface area contributed by atoms with Crippen molar-refractivity contribution in [3.63, 3.8) is 0 Å². The van der Waals surface area contributed by atoms with Gasteiger partial charge in [0.25, 0.3) is 5.91 Å². The number of rotatable bonds is 4. The quantitative estimate of drug-likeness (QED) is 0.923. The summed E-state index contributed by atoms with van der Waals surface area (Å²) in [6, 6.07) is 11.5. The van der Waals surface area contributed by atoms with Crippen LogP contribution < -0.4 is 0 Å². The van der Waals surface area contributed by atoms with E-state index in [-0.39, 0.29) is 11.5 Å². The van der Waals surface area contributed by atoms with Crippen LogP contribution in [0.3, 0.4) is 0 Å². The fraction of sp³-hybridized carbons (Fsp3) is 0.133. The number of hydrogen-bond donors (Lipinski definition) is 1. The number of benzene rings is 1. The van der Waals surface area contributed by atoms with Gasteiger partial charge in [-0.25, -0.2) is 4.79 Å². The lowest BCUT2D eigenvalue weighted by molar-refractivity contribution is 0.0697. The summed E-state index contributed by atoms with van der Waals surface area (Å²) < 4.78 is 0. The van der Waals surface area contributed by atoms with E-state index < -0.39 is 5.97 Å². The summed E-state index contributed by atoms with van der Waals surface area (Å²) in [5, 5.41) is 8.93. The van der Waals surface area contributed by atoms with Gasteiger partial charge in [0, 0.05) is 18.8 Å². The molecule has 0 unspecified atom stereocenters. The van der Waals surface area contributed by atoms with E-state index in [0.29, 0.717) is 12.1 Å². The third-order valence-corrected chi connectivity index (χ3v) is 2.83. The lowest BCUT2D eigenvalue weighted by Gasteiger charge is -2.16. The largest absolute Gasteiger partial charge is 0.478 e. The Hall–Kier alpha value is -2.69. The molecule has 0 aliphatic carbocycles. The van der Waals surface area contributed by atoms with Crippen LogP contribution in [-0.2, 0) is 6.54 Å². The van der Waals surface area contributed by atoms with Crippen molar-refractivity contribution in [1.29, 1.82) is 0 Å². The van der Waals surface area contributed by atoms with Gasteiger partial charge in [0.05, 0.1) is 17.8 Å². The maximum Gasteiger partial charge on any atom is 0.335 e. The van der Waals surface area contributed by atoms with Crippen molar-refractivity contribution < 1.29 is 14.7 Å². The molecule has 0 aliphatic heterocycles. The van der Waals surface area contributed by atoms with Gasteiger partial charge in [-0.05, 0) is 30.3 Å². The topological polar surface area (TPSA) is 70.5 Å². The first-order valence-corrected chi connectivity index (χ1v) is 6.06. The number of carbonyl (C=O) groups is 2. The summed E-state index contributed by atoms with van der Waals surface area (Å²) in [6.45, 7) is 0.372. The molecule has 1 amide bonds. The smallest absolute Gasteiger partial charge is 0.335 e. The number of aromatic nitrogens is 1. The van der Waals surface area contributed by atoms with Gasteiger partial charge in [0.1, 0.15) is 0 Å². The lowest BCUT2D eigenvalue weighted by atomic mass is 10.1. The number of amides is 1. The zero-order valence-electron chi connectivity index (χ0n) is 11.0. The molecule has 2 rings (SSSR count). The van der Waals surface area contributed by atoms with Crippen LogP contribution in [0.25, 0.3) is 0 Å². The Balaban J connectivity index is 2.14. The normalized spacial score (nSPS) is 10.1. The minimum absolute atomic E-state index is 0.0992. The van der Waals surface area contributed by atoms with Gasteiger partial charge in [-0.2, -0.15) is 0 Å². The Morgan fingerprint density at radius 1 is 1.15 bits per heavy atom. The van der Waals surface area contributed by atoms with E-state index in [1.807, 2.05) is 18.2 Å². The fourth-order valence-corrected chi connectivity index (χ4v) is 1.81. The second kappa shape index (κ2) is 5.97. The first kappa shape index (κ1) is 13.7. The van der Waals surface area contributed by atoms with Crippen LogP contribution in [0.5, 0.6) is 0 Å². The SMILES string of the molecule is CN(Cc1ccccn1)C(=O)c1cccc(C(=O)O)c1. The molecular formula is C15H14N2O3. The summed E-state index contributed by atoms with van der Waals surface area (Å²) in [5.41, 5.74) is 1.23. The standard InChI is InChI=1S/C15H14N2O3/c1-17(10-13-7-2-3-8-16-13)14(18)11-5-4-6-12(9-11)15(19)20/h2-9H,10H2,1H3,(H,19,20). The second-order valence-electron chi connectivity index (χ2n) is 4.37. The Morgan fingerprint density at radius 3 is 2.55 bits per heavy atom. The number of pyridine rings is 1. The summed E-state index contributed by atoms with van der Waals surface area (Å²) in [5.74, 6) is -1.29. The van der Waals surface area contributed by atoms with Gasteiger partial charge >= 0.3 is 5.97 Å². The second-order valence-corrected chi connectivity index (χ2v) is 4.37. The number of carboxylic acid groups (broad SMARTS) is 1. The van der Waals surface area contributed by atoms with Crippen LogP contribution in [0.2, 0.25) is 0 Å². The monoisotopic (exact) mass is 270 g/mol. The van der Waals surface area contributed by atoms with E-state index in [1.165, 1.54) is 17.0 Å². The number of aromatic carboxylic acids is 1. The van der Waals surface area contributed by atoms with Crippen molar-refractivity contribution >= 4 is 11.9 Å². The van der Waals surface area contributed by atoms with Crippen molar-refractivity contribution in [1.82, 2.24) is 9.88 Å². The van der Waals surface area contributed by atoms with Gasteiger partial charge in [-0.3, -0.25) is 9.78 Å². The number of nitrogens with zero attached hydrogens (tertiary/aromatic N) is 2. The minimum Gasteiger partial charge on any atom is -0.478 e. The molecule has 102 valence electrons. The molecule has 0 spiro atoms. The molecule has 0 radical (unpaired) electrons. The zero-order valence-corrected chi connectivity index (χ0v) is 11.0. The highest BCUT2D eigenvalue weighted by Crippen LogP contribution is 2.09. The molecule has 20 heavy (non-hydrogen) atoms. The Bertz CT molecular complexity index is 626. The van der Waals surface area contributed by atoms with Gasteiger partial charge in [0.15, 0.2) is 0 Å². The van der Waals surface area contributed by atoms with E-state index in [4.69, 9.17) is 5.11 Å². The highest BCUT2D eigenvalue weighted by Gasteiger charge is 2.14. The Kier molecular flexibility index (Phi) is 4.10. The summed E-state index contributed by atoms with van der Waals surface area (Å²) in [6.07, 6.45) is 1.67. The van der Waals surface area contributed by atoms with Gasteiger partial charge < -0.3 is 10.0 Å². The van der Waals surface area contributed by atoms with Crippen molar-refractivity contribution in [3.8, 4) is 0 Å². The third kappa shape index (κ3) is 3.20. The van der Waals surface area contributed by atoms with Gasteiger partial charge in [-0.15, -0.1) is 0 Å². The van der Waals surface area contributed by atoms with E-state index in [0.717, 1.165) is 5.69 Å². The molecule has 1 N–H and O–H groups in total. The lowest BCUT2D eigenvalue weighted by Crippen LogP contribution is -2.26. The first-order chi connectivity index (χ1) is 9.58. The third-order valence-electron chi connectivity index (χ3n) is 2.83. The molecule has 0 saturated carbocycles. The fourth-order valence-electron chi connectivity index (χ4n) is 1.81. The highest BCUT2D eigenvalue weighted by molar-refractivity contribution is 5.97. The van der Waals surface area contributed by atoms with Crippen LogP contribution in [-0.4, -0.2) is 33.9 Å².